The van der Waals surface area contributed by atoms with Gasteiger partial charge in [0.1, 0.15) is 6.17 Å². The van der Waals surface area contributed by atoms with Crippen molar-refractivity contribution in [2.45, 2.75) is 39.0 Å². The van der Waals surface area contributed by atoms with E-state index in [9.17, 15) is 9.59 Å². The van der Waals surface area contributed by atoms with Gasteiger partial charge in [-0.1, -0.05) is 43.6 Å². The standard InChI is InChI=1S/C22H23ClN4O2/c1-13(2)22(29)25-12-15-5-8-18(23)17(9-15)21-26-19(10-20(28)27-21)16-6-3-14(11-24)4-7-16/h3-9,13,19,21,26H,10,12H2,1-2H3,(H,25,29)(H,27,28). The van der Waals surface area contributed by atoms with E-state index in [1.54, 1.807) is 18.2 Å². The molecule has 0 saturated carbocycles. The van der Waals surface area contributed by atoms with E-state index in [4.69, 9.17) is 16.9 Å². The number of nitriles is 1. The summed E-state index contributed by atoms with van der Waals surface area (Å²) in [5.74, 6) is -0.196. The summed E-state index contributed by atoms with van der Waals surface area (Å²) in [5, 5.41) is 18.7. The van der Waals surface area contributed by atoms with Crippen LogP contribution in [0.3, 0.4) is 0 Å². The largest absolute Gasteiger partial charge is 0.352 e. The second-order valence-electron chi connectivity index (χ2n) is 7.39. The second kappa shape index (κ2) is 9.08. The average Bonchev–Trinajstić information content (AvgIpc) is 2.72. The molecule has 1 heterocycles. The van der Waals surface area contributed by atoms with E-state index in [0.717, 1.165) is 16.7 Å². The number of hydrogen-bond acceptors (Lipinski definition) is 4. The maximum absolute atomic E-state index is 12.3. The molecule has 1 aliphatic heterocycles. The molecule has 0 aromatic heterocycles. The van der Waals surface area contributed by atoms with Gasteiger partial charge < -0.3 is 10.6 Å². The van der Waals surface area contributed by atoms with E-state index in [1.807, 2.05) is 38.1 Å². The molecule has 2 atom stereocenters. The molecule has 1 fully saturated rings. The van der Waals surface area contributed by atoms with Crippen LogP contribution in [0, 0.1) is 17.2 Å². The third-order valence-corrected chi connectivity index (χ3v) is 5.21. The fourth-order valence-corrected chi connectivity index (χ4v) is 3.42. The average molecular weight is 411 g/mol. The number of rotatable bonds is 5. The van der Waals surface area contributed by atoms with Crippen LogP contribution in [-0.4, -0.2) is 11.8 Å². The van der Waals surface area contributed by atoms with Crippen LogP contribution in [-0.2, 0) is 16.1 Å². The van der Waals surface area contributed by atoms with Gasteiger partial charge >= 0.3 is 0 Å². The van der Waals surface area contributed by atoms with Crippen LogP contribution in [0.25, 0.3) is 0 Å². The fraction of sp³-hybridized carbons (Fsp3) is 0.318. The lowest BCUT2D eigenvalue weighted by molar-refractivity contribution is -0.125. The topological polar surface area (TPSA) is 94.0 Å². The summed E-state index contributed by atoms with van der Waals surface area (Å²) in [6.45, 7) is 4.07. The Bertz CT molecular complexity index is 950. The number of amides is 2. The SMILES string of the molecule is CC(C)C(=O)NCc1ccc(Cl)c(C2NC(=O)CC(c3ccc(C#N)cc3)N2)c1. The normalized spacial score (nSPS) is 18.8. The lowest BCUT2D eigenvalue weighted by Gasteiger charge is -2.33. The monoisotopic (exact) mass is 410 g/mol. The van der Waals surface area contributed by atoms with Crippen molar-refractivity contribution in [3.05, 3.63) is 69.7 Å². The summed E-state index contributed by atoms with van der Waals surface area (Å²) in [4.78, 5) is 24.2. The third-order valence-electron chi connectivity index (χ3n) is 4.87. The van der Waals surface area contributed by atoms with E-state index in [0.29, 0.717) is 23.6 Å². The number of carbonyl (C=O) groups is 2. The minimum Gasteiger partial charge on any atom is -0.352 e. The van der Waals surface area contributed by atoms with Crippen LogP contribution in [0.15, 0.2) is 42.5 Å². The van der Waals surface area contributed by atoms with Gasteiger partial charge in [0.05, 0.1) is 11.6 Å². The molecule has 3 rings (SSSR count). The third kappa shape index (κ3) is 5.14. The van der Waals surface area contributed by atoms with Gasteiger partial charge in [0.25, 0.3) is 0 Å². The lowest BCUT2D eigenvalue weighted by Crippen LogP contribution is -2.46. The molecule has 150 valence electrons. The number of nitrogens with zero attached hydrogens (tertiary/aromatic N) is 1. The van der Waals surface area contributed by atoms with Gasteiger partial charge in [-0.05, 0) is 35.4 Å². The Morgan fingerprint density at radius 2 is 2.00 bits per heavy atom. The minimum absolute atomic E-state index is 0.0218. The van der Waals surface area contributed by atoms with Gasteiger partial charge in [0, 0.05) is 35.5 Å². The molecule has 1 aliphatic rings. The zero-order chi connectivity index (χ0) is 21.0. The quantitative estimate of drug-likeness (QED) is 0.704. The van der Waals surface area contributed by atoms with Crippen LogP contribution >= 0.6 is 11.6 Å². The lowest BCUT2D eigenvalue weighted by atomic mass is 9.97. The van der Waals surface area contributed by atoms with Crippen molar-refractivity contribution < 1.29 is 9.59 Å². The Kier molecular flexibility index (Phi) is 6.53. The number of halogens is 1. The first-order valence-electron chi connectivity index (χ1n) is 9.49. The van der Waals surface area contributed by atoms with Crippen molar-refractivity contribution in [2.24, 2.45) is 5.92 Å². The van der Waals surface area contributed by atoms with Crippen molar-refractivity contribution in [1.82, 2.24) is 16.0 Å². The van der Waals surface area contributed by atoms with Crippen molar-refractivity contribution >= 4 is 23.4 Å². The van der Waals surface area contributed by atoms with Crippen LogP contribution in [0.4, 0.5) is 0 Å². The van der Waals surface area contributed by atoms with Crippen LogP contribution in [0.5, 0.6) is 0 Å². The summed E-state index contributed by atoms with van der Waals surface area (Å²) in [6, 6.07) is 14.6. The highest BCUT2D eigenvalue weighted by molar-refractivity contribution is 6.31. The second-order valence-corrected chi connectivity index (χ2v) is 7.79. The van der Waals surface area contributed by atoms with Crippen LogP contribution in [0.2, 0.25) is 5.02 Å². The maximum Gasteiger partial charge on any atom is 0.223 e. The van der Waals surface area contributed by atoms with Gasteiger partial charge in [-0.15, -0.1) is 0 Å². The van der Waals surface area contributed by atoms with E-state index >= 15 is 0 Å². The first-order chi connectivity index (χ1) is 13.9. The molecule has 0 aliphatic carbocycles. The molecule has 6 nitrogen and oxygen atoms in total. The van der Waals surface area contributed by atoms with Crippen LogP contribution < -0.4 is 16.0 Å². The molecular formula is C22H23ClN4O2. The summed E-state index contributed by atoms with van der Waals surface area (Å²) < 4.78 is 0. The number of nitrogens with one attached hydrogen (secondary N) is 3. The van der Waals surface area contributed by atoms with Gasteiger partial charge in [0.2, 0.25) is 11.8 Å². The summed E-state index contributed by atoms with van der Waals surface area (Å²) in [7, 11) is 0. The molecule has 29 heavy (non-hydrogen) atoms. The van der Waals surface area contributed by atoms with Crippen LogP contribution in [0.1, 0.15) is 54.7 Å². The molecule has 0 spiro atoms. The highest BCUT2D eigenvalue weighted by atomic mass is 35.5. The van der Waals surface area contributed by atoms with Gasteiger partial charge in [-0.25, -0.2) is 0 Å². The highest BCUT2D eigenvalue weighted by Crippen LogP contribution is 2.30. The predicted molar refractivity (Wildman–Crippen MR) is 111 cm³/mol. The van der Waals surface area contributed by atoms with Crippen molar-refractivity contribution in [3.8, 4) is 6.07 Å². The Hall–Kier alpha value is -2.88. The zero-order valence-electron chi connectivity index (χ0n) is 16.3. The summed E-state index contributed by atoms with van der Waals surface area (Å²) in [6.07, 6.45) is -0.158. The number of benzene rings is 2. The summed E-state index contributed by atoms with van der Waals surface area (Å²) in [5.41, 5.74) is 3.15. The fourth-order valence-electron chi connectivity index (χ4n) is 3.20. The number of hydrogen-bond donors (Lipinski definition) is 3. The van der Waals surface area contributed by atoms with Gasteiger partial charge in [-0.2, -0.15) is 5.26 Å². The van der Waals surface area contributed by atoms with E-state index in [2.05, 4.69) is 22.0 Å². The molecule has 2 aromatic carbocycles. The van der Waals surface area contributed by atoms with E-state index in [-0.39, 0.29) is 23.8 Å². The first-order valence-corrected chi connectivity index (χ1v) is 9.86. The molecule has 1 saturated heterocycles. The molecule has 0 radical (unpaired) electrons. The molecule has 2 aromatic rings. The van der Waals surface area contributed by atoms with Crippen molar-refractivity contribution in [3.63, 3.8) is 0 Å². The van der Waals surface area contributed by atoms with E-state index < -0.39 is 6.17 Å². The molecule has 3 N–H and O–H groups in total. The van der Waals surface area contributed by atoms with Gasteiger partial charge in [-0.3, -0.25) is 14.9 Å². The summed E-state index contributed by atoms with van der Waals surface area (Å²) >= 11 is 6.41. The van der Waals surface area contributed by atoms with E-state index in [1.165, 1.54) is 0 Å². The Morgan fingerprint density at radius 3 is 2.66 bits per heavy atom. The predicted octanol–water partition coefficient (Wildman–Crippen LogP) is 3.33. The Labute approximate surface area is 175 Å². The Morgan fingerprint density at radius 1 is 1.28 bits per heavy atom. The van der Waals surface area contributed by atoms with Crippen molar-refractivity contribution in [1.29, 1.82) is 5.26 Å². The highest BCUT2D eigenvalue weighted by Gasteiger charge is 2.29. The van der Waals surface area contributed by atoms with Gasteiger partial charge in [0.15, 0.2) is 0 Å². The molecule has 2 unspecified atom stereocenters. The maximum atomic E-state index is 12.3. The molecule has 7 heteroatoms. The first kappa shape index (κ1) is 20.8. The minimum atomic E-state index is -0.454. The zero-order valence-corrected chi connectivity index (χ0v) is 17.1. The molecule has 2 amide bonds. The molecular weight excluding hydrogens is 388 g/mol. The van der Waals surface area contributed by atoms with Crippen molar-refractivity contribution in [2.75, 3.05) is 0 Å². The smallest absolute Gasteiger partial charge is 0.223 e. The Balaban J connectivity index is 1.79. The number of carbonyl (C=O) groups excluding carboxylic acids is 2. The molecule has 0 bridgehead atoms.